The number of hydrogen-bond acceptors (Lipinski definition) is 5. The summed E-state index contributed by atoms with van der Waals surface area (Å²) in [5, 5.41) is 9.63. The molecule has 1 atom stereocenters. The molecule has 2 heterocycles. The number of aromatic nitrogens is 2. The number of benzene rings is 2. The molecule has 0 spiro atoms. The SMILES string of the molecule is CCOc1cccc(-n2nc(NC(=O)[C@@H]3CNC(=O)C3)cc2-c2cccc(COCC(F)(F)F)c2)c1F. The highest BCUT2D eigenvalue weighted by atomic mass is 19.4. The van der Waals surface area contributed by atoms with Gasteiger partial charge in [-0.3, -0.25) is 9.59 Å². The molecule has 2 N–H and O–H groups in total. The molecule has 1 saturated heterocycles. The van der Waals surface area contributed by atoms with Crippen LogP contribution in [0, 0.1) is 11.7 Å². The lowest BCUT2D eigenvalue weighted by Crippen LogP contribution is -2.24. The van der Waals surface area contributed by atoms with E-state index in [2.05, 4.69) is 15.7 Å². The number of amides is 2. The molecule has 4 rings (SSSR count). The van der Waals surface area contributed by atoms with Gasteiger partial charge in [0.05, 0.1) is 24.8 Å². The van der Waals surface area contributed by atoms with Gasteiger partial charge >= 0.3 is 6.18 Å². The summed E-state index contributed by atoms with van der Waals surface area (Å²) in [5.41, 5.74) is 1.36. The minimum Gasteiger partial charge on any atom is -0.491 e. The first kappa shape index (κ1) is 26.1. The molecule has 1 aliphatic rings. The van der Waals surface area contributed by atoms with E-state index in [1.165, 1.54) is 22.9 Å². The van der Waals surface area contributed by atoms with Crippen molar-refractivity contribution in [3.63, 3.8) is 0 Å². The van der Waals surface area contributed by atoms with Gasteiger partial charge in [0.25, 0.3) is 0 Å². The van der Waals surface area contributed by atoms with Gasteiger partial charge in [0.2, 0.25) is 11.8 Å². The third-order valence-electron chi connectivity index (χ3n) is 5.54. The Morgan fingerprint density at radius 3 is 2.70 bits per heavy atom. The van der Waals surface area contributed by atoms with Crippen molar-refractivity contribution in [2.24, 2.45) is 5.92 Å². The highest BCUT2D eigenvalue weighted by Crippen LogP contribution is 2.31. The van der Waals surface area contributed by atoms with Crippen LogP contribution in [0.5, 0.6) is 5.75 Å². The maximum atomic E-state index is 15.3. The Kier molecular flexibility index (Phi) is 7.77. The fraction of sp³-hybridized carbons (Fsp3) is 0.320. The number of nitrogens with zero attached hydrogens (tertiary/aromatic N) is 2. The van der Waals surface area contributed by atoms with Gasteiger partial charge in [-0.05, 0) is 30.7 Å². The van der Waals surface area contributed by atoms with Gasteiger partial charge in [0, 0.05) is 24.6 Å². The molecule has 1 aliphatic heterocycles. The van der Waals surface area contributed by atoms with E-state index >= 15 is 4.39 Å². The lowest BCUT2D eigenvalue weighted by atomic mass is 10.1. The molecule has 1 aromatic heterocycles. The molecule has 0 radical (unpaired) electrons. The monoisotopic (exact) mass is 520 g/mol. The van der Waals surface area contributed by atoms with Crippen LogP contribution in [0.15, 0.2) is 48.5 Å². The summed E-state index contributed by atoms with van der Waals surface area (Å²) in [6.45, 7) is 0.473. The summed E-state index contributed by atoms with van der Waals surface area (Å²) >= 11 is 0. The summed E-state index contributed by atoms with van der Waals surface area (Å²) in [6.07, 6.45) is -4.41. The molecule has 0 saturated carbocycles. The highest BCUT2D eigenvalue weighted by molar-refractivity contribution is 5.97. The van der Waals surface area contributed by atoms with Crippen LogP contribution in [0.2, 0.25) is 0 Å². The zero-order valence-electron chi connectivity index (χ0n) is 19.8. The lowest BCUT2D eigenvalue weighted by Gasteiger charge is -2.12. The normalized spacial score (nSPS) is 15.5. The van der Waals surface area contributed by atoms with Gasteiger partial charge in [-0.1, -0.05) is 24.3 Å². The zero-order valence-corrected chi connectivity index (χ0v) is 19.8. The molecule has 2 amide bonds. The van der Waals surface area contributed by atoms with Gasteiger partial charge in [0.1, 0.15) is 12.3 Å². The highest BCUT2D eigenvalue weighted by Gasteiger charge is 2.29. The molecule has 12 heteroatoms. The molecule has 0 unspecified atom stereocenters. The lowest BCUT2D eigenvalue weighted by molar-refractivity contribution is -0.176. The fourth-order valence-electron chi connectivity index (χ4n) is 3.89. The maximum absolute atomic E-state index is 15.3. The Hall–Kier alpha value is -3.93. The van der Waals surface area contributed by atoms with Crippen LogP contribution in [0.1, 0.15) is 18.9 Å². The Balaban J connectivity index is 1.69. The smallest absolute Gasteiger partial charge is 0.411 e. The van der Waals surface area contributed by atoms with Crippen molar-refractivity contribution in [2.75, 3.05) is 25.1 Å². The third-order valence-corrected chi connectivity index (χ3v) is 5.54. The third kappa shape index (κ3) is 6.45. The first-order valence-electron chi connectivity index (χ1n) is 11.5. The predicted octanol–water partition coefficient (Wildman–Crippen LogP) is 4.23. The number of ether oxygens (including phenoxy) is 2. The van der Waals surface area contributed by atoms with Crippen LogP contribution in [0.25, 0.3) is 16.9 Å². The maximum Gasteiger partial charge on any atom is 0.411 e. The molecule has 2 aromatic carbocycles. The molecular weight excluding hydrogens is 496 g/mol. The zero-order chi connectivity index (χ0) is 26.6. The number of alkyl halides is 3. The topological polar surface area (TPSA) is 94.5 Å². The molecule has 1 fully saturated rings. The van der Waals surface area contributed by atoms with Gasteiger partial charge in [0.15, 0.2) is 17.4 Å². The quantitative estimate of drug-likeness (QED) is 0.412. The van der Waals surface area contributed by atoms with Crippen LogP contribution >= 0.6 is 0 Å². The average Bonchev–Trinajstić information content (AvgIpc) is 3.46. The number of anilines is 1. The molecule has 37 heavy (non-hydrogen) atoms. The van der Waals surface area contributed by atoms with Crippen molar-refractivity contribution in [3.05, 3.63) is 59.9 Å². The summed E-state index contributed by atoms with van der Waals surface area (Å²) in [7, 11) is 0. The first-order chi connectivity index (χ1) is 17.6. The van der Waals surface area contributed by atoms with E-state index in [0.717, 1.165) is 0 Å². The van der Waals surface area contributed by atoms with E-state index < -0.39 is 30.4 Å². The van der Waals surface area contributed by atoms with E-state index in [1.807, 2.05) is 0 Å². The number of carbonyl (C=O) groups is 2. The fourth-order valence-corrected chi connectivity index (χ4v) is 3.89. The van der Waals surface area contributed by atoms with Crippen molar-refractivity contribution in [3.8, 4) is 22.7 Å². The van der Waals surface area contributed by atoms with Crippen molar-refractivity contribution >= 4 is 17.6 Å². The molecule has 0 aliphatic carbocycles. The Bertz CT molecular complexity index is 1290. The van der Waals surface area contributed by atoms with E-state index in [4.69, 9.17) is 9.47 Å². The summed E-state index contributed by atoms with van der Waals surface area (Å²) in [5.74, 6) is -1.79. The van der Waals surface area contributed by atoms with Crippen molar-refractivity contribution in [1.82, 2.24) is 15.1 Å². The summed E-state index contributed by atoms with van der Waals surface area (Å²) in [6, 6.07) is 12.6. The molecular formula is C25H24F4N4O4. The minimum atomic E-state index is -4.45. The second-order valence-corrected chi connectivity index (χ2v) is 8.35. The number of rotatable bonds is 9. The molecule has 196 valence electrons. The Morgan fingerprint density at radius 2 is 2.00 bits per heavy atom. The van der Waals surface area contributed by atoms with Crippen molar-refractivity contribution in [1.29, 1.82) is 0 Å². The average molecular weight is 520 g/mol. The largest absolute Gasteiger partial charge is 0.491 e. The molecule has 0 bridgehead atoms. The van der Waals surface area contributed by atoms with Crippen LogP contribution in [-0.2, 0) is 20.9 Å². The summed E-state index contributed by atoms with van der Waals surface area (Å²) in [4.78, 5) is 24.1. The van der Waals surface area contributed by atoms with Gasteiger partial charge in [-0.15, -0.1) is 5.10 Å². The van der Waals surface area contributed by atoms with Crippen LogP contribution < -0.4 is 15.4 Å². The summed E-state index contributed by atoms with van der Waals surface area (Å²) < 4.78 is 64.1. The number of halogens is 4. The standard InChI is InChI=1S/C25H24F4N4O4/c1-2-37-20-8-4-7-18(23(20)26)33-19(11-21(32-33)31-24(35)17-10-22(34)30-12-17)16-6-3-5-15(9-16)13-36-14-25(27,28)29/h3-9,11,17H,2,10,12-14H2,1H3,(H,30,34)(H,31,32,35)/t17-/m0/s1. The van der Waals surface area contributed by atoms with Crippen molar-refractivity contribution < 1.29 is 36.6 Å². The first-order valence-corrected chi connectivity index (χ1v) is 11.5. The van der Waals surface area contributed by atoms with E-state index in [0.29, 0.717) is 16.8 Å². The van der Waals surface area contributed by atoms with Gasteiger partial charge in [-0.2, -0.15) is 13.2 Å². The van der Waals surface area contributed by atoms with Crippen LogP contribution in [0.3, 0.4) is 0 Å². The Morgan fingerprint density at radius 1 is 1.22 bits per heavy atom. The van der Waals surface area contributed by atoms with Gasteiger partial charge in [-0.25, -0.2) is 9.07 Å². The second kappa shape index (κ2) is 11.0. The predicted molar refractivity (Wildman–Crippen MR) is 126 cm³/mol. The van der Waals surface area contributed by atoms with Crippen molar-refractivity contribution in [2.45, 2.75) is 26.1 Å². The number of nitrogens with one attached hydrogen (secondary N) is 2. The van der Waals surface area contributed by atoms with Gasteiger partial charge < -0.3 is 20.1 Å². The molecule has 8 nitrogen and oxygen atoms in total. The minimum absolute atomic E-state index is 0.0110. The van der Waals surface area contributed by atoms with Crippen LogP contribution in [0.4, 0.5) is 23.4 Å². The molecule has 3 aromatic rings. The van der Waals surface area contributed by atoms with Crippen LogP contribution in [-0.4, -0.2) is 47.5 Å². The van der Waals surface area contributed by atoms with E-state index in [9.17, 15) is 22.8 Å². The van der Waals surface area contributed by atoms with E-state index in [-0.39, 0.29) is 49.3 Å². The second-order valence-electron chi connectivity index (χ2n) is 8.35. The number of carbonyl (C=O) groups excluding carboxylic acids is 2. The Labute approximate surface area is 209 Å². The van der Waals surface area contributed by atoms with E-state index in [1.54, 1.807) is 37.3 Å². The number of hydrogen-bond donors (Lipinski definition) is 2.